The number of allylic oxidation sites excluding steroid dienone is 1. The second kappa shape index (κ2) is 12.3. The molecule has 9 atom stereocenters. The number of carbonyl (C=O) groups excluding carboxylic acids is 4. The molecule has 0 radical (unpaired) electrons. The first-order valence-electron chi connectivity index (χ1n) is 19.7. The predicted molar refractivity (Wildman–Crippen MR) is 192 cm³/mol. The molecule has 4 saturated carbocycles. The number of hydrogen-bond acceptors (Lipinski definition) is 6. The molecule has 7 heteroatoms. The van der Waals surface area contributed by atoms with E-state index in [0.29, 0.717) is 18.3 Å². The van der Waals surface area contributed by atoms with Crippen molar-refractivity contribution in [3.05, 3.63) is 11.1 Å². The molecule has 0 spiro atoms. The van der Waals surface area contributed by atoms with E-state index < -0.39 is 11.0 Å². The normalized spacial score (nSPS) is 42.1. The minimum atomic E-state index is -0.716. The molecule has 1 saturated heterocycles. The largest absolute Gasteiger partial charge is 0.462 e. The van der Waals surface area contributed by atoms with Crippen molar-refractivity contribution in [1.29, 1.82) is 0 Å². The zero-order chi connectivity index (χ0) is 35.9. The van der Waals surface area contributed by atoms with Crippen LogP contribution in [0.15, 0.2) is 11.1 Å². The molecular formula is C42H66N2O5. The van der Waals surface area contributed by atoms with E-state index >= 15 is 0 Å². The zero-order valence-electron chi connectivity index (χ0n) is 32.4. The highest BCUT2D eigenvalue weighted by atomic mass is 16.5. The van der Waals surface area contributed by atoms with Crippen molar-refractivity contribution in [2.75, 3.05) is 13.6 Å². The summed E-state index contributed by atoms with van der Waals surface area (Å²) in [5.74, 6) is 1.47. The number of Topliss-reactive ketones (excluding diaryl/α,β-unsaturated/α-hetero) is 1. The Kier molecular flexibility index (Phi) is 9.22. The second-order valence-corrected chi connectivity index (χ2v) is 19.9. The summed E-state index contributed by atoms with van der Waals surface area (Å²) in [7, 11) is 2.07. The second-order valence-electron chi connectivity index (χ2n) is 19.9. The van der Waals surface area contributed by atoms with Gasteiger partial charge in [-0.15, -0.1) is 0 Å². The SMILES string of the molecule is CC(C)C1=C2[C@H]3CC[C@@H]4[C@@]5(C)CC[C@H](OC(=O)CC(C)(C)C=O)C(C)(C)[C@@H]5CC[C@@]4(C)[C@]3(C)CC[C@@]2(NC(=O)[C@H]2CCCCN2C)CC1=O. The number of likely N-dealkylation sites (tertiary alicyclic amines) is 1. The zero-order valence-corrected chi connectivity index (χ0v) is 32.4. The fraction of sp³-hybridized carbons (Fsp3) is 0.857. The molecular weight excluding hydrogens is 612 g/mol. The Morgan fingerprint density at radius 3 is 2.31 bits per heavy atom. The Morgan fingerprint density at radius 1 is 0.939 bits per heavy atom. The Labute approximate surface area is 296 Å². The average Bonchev–Trinajstić information content (AvgIpc) is 3.30. The highest BCUT2D eigenvalue weighted by Crippen LogP contribution is 2.76. The van der Waals surface area contributed by atoms with Crippen LogP contribution in [0, 0.1) is 50.7 Å². The number of carbonyl (C=O) groups is 4. The van der Waals surface area contributed by atoms with Crippen molar-refractivity contribution in [3.63, 3.8) is 0 Å². The number of esters is 1. The molecule has 49 heavy (non-hydrogen) atoms. The van der Waals surface area contributed by atoms with Crippen LogP contribution in [0.4, 0.5) is 0 Å². The molecule has 1 amide bonds. The number of nitrogens with zero attached hydrogens (tertiary/aromatic N) is 1. The smallest absolute Gasteiger partial charge is 0.307 e. The van der Waals surface area contributed by atoms with Gasteiger partial charge in [0, 0.05) is 17.3 Å². The van der Waals surface area contributed by atoms with Crippen molar-refractivity contribution >= 4 is 23.9 Å². The lowest BCUT2D eigenvalue weighted by atomic mass is 9.33. The van der Waals surface area contributed by atoms with Gasteiger partial charge in [-0.3, -0.25) is 19.3 Å². The van der Waals surface area contributed by atoms with E-state index in [1.54, 1.807) is 13.8 Å². The van der Waals surface area contributed by atoms with Crippen LogP contribution in [0.1, 0.15) is 146 Å². The monoisotopic (exact) mass is 678 g/mol. The summed E-state index contributed by atoms with van der Waals surface area (Å²) in [5.41, 5.74) is 1.10. The standard InChI is InChI=1S/C42H66N2O5/c1-26(2)34-29(46)23-42(43-36(48)28-13-11-12-22-44(28)10)21-20-40(8)27(35(34)42)14-15-31-39(7)18-17-32(49-33(47)24-37(3,4)25-45)38(5,6)30(39)16-19-41(31,40)9/h25-28,30-32H,11-24H2,1-10H3,(H,43,48)/t27-,28-,30+,31-,32+,39+,40-,41-,42-/m1/s1. The Hall–Kier alpha value is -2.02. The number of amides is 1. The third-order valence-electron chi connectivity index (χ3n) is 16.0. The van der Waals surface area contributed by atoms with Gasteiger partial charge in [0.05, 0.1) is 18.0 Å². The number of rotatable bonds is 7. The number of likely N-dealkylation sites (N-methyl/N-ethyl adjacent to an activating group) is 1. The molecule has 6 aliphatic rings. The van der Waals surface area contributed by atoms with E-state index in [9.17, 15) is 19.2 Å². The van der Waals surface area contributed by atoms with Crippen molar-refractivity contribution in [3.8, 4) is 0 Å². The van der Waals surface area contributed by atoms with Crippen molar-refractivity contribution < 1.29 is 23.9 Å². The van der Waals surface area contributed by atoms with Gasteiger partial charge in [-0.2, -0.15) is 0 Å². The summed E-state index contributed by atoms with van der Waals surface area (Å²) < 4.78 is 6.22. The Morgan fingerprint density at radius 2 is 1.65 bits per heavy atom. The molecule has 1 aliphatic heterocycles. The summed E-state index contributed by atoms with van der Waals surface area (Å²) in [5, 5.41) is 3.63. The fourth-order valence-corrected chi connectivity index (χ4v) is 13.3. The molecule has 0 bridgehead atoms. The van der Waals surface area contributed by atoms with Gasteiger partial charge in [-0.05, 0) is 129 Å². The van der Waals surface area contributed by atoms with Crippen molar-refractivity contribution in [2.45, 2.75) is 163 Å². The number of nitrogens with one attached hydrogen (secondary N) is 1. The van der Waals surface area contributed by atoms with Crippen LogP contribution >= 0.6 is 0 Å². The highest BCUT2D eigenvalue weighted by Gasteiger charge is 2.70. The molecule has 6 rings (SSSR count). The summed E-state index contributed by atoms with van der Waals surface area (Å²) in [6, 6.07) is -0.117. The van der Waals surface area contributed by atoms with Crippen LogP contribution in [-0.2, 0) is 23.9 Å². The molecule has 5 aliphatic carbocycles. The van der Waals surface area contributed by atoms with Crippen molar-refractivity contribution in [2.24, 2.45) is 50.7 Å². The van der Waals surface area contributed by atoms with Crippen LogP contribution in [-0.4, -0.2) is 60.1 Å². The number of aldehydes is 1. The van der Waals surface area contributed by atoms with Gasteiger partial charge in [0.2, 0.25) is 5.91 Å². The first-order chi connectivity index (χ1) is 22.8. The first-order valence-corrected chi connectivity index (χ1v) is 19.7. The summed E-state index contributed by atoms with van der Waals surface area (Å²) in [6.45, 7) is 21.2. The molecule has 5 fully saturated rings. The maximum atomic E-state index is 14.0. The lowest BCUT2D eigenvalue weighted by Gasteiger charge is -2.72. The maximum absolute atomic E-state index is 14.0. The maximum Gasteiger partial charge on any atom is 0.307 e. The number of ketones is 1. The number of ether oxygens (including phenoxy) is 1. The quantitative estimate of drug-likeness (QED) is 0.218. The molecule has 0 aromatic heterocycles. The fourth-order valence-electron chi connectivity index (χ4n) is 13.3. The lowest BCUT2D eigenvalue weighted by molar-refractivity contribution is -0.232. The van der Waals surface area contributed by atoms with Crippen LogP contribution < -0.4 is 5.32 Å². The summed E-state index contributed by atoms with van der Waals surface area (Å²) in [4.78, 5) is 54.8. The number of piperidine rings is 1. The third-order valence-corrected chi connectivity index (χ3v) is 16.0. The van der Waals surface area contributed by atoms with E-state index in [1.807, 2.05) is 0 Å². The average molecular weight is 679 g/mol. The van der Waals surface area contributed by atoms with Gasteiger partial charge >= 0.3 is 5.97 Å². The summed E-state index contributed by atoms with van der Waals surface area (Å²) >= 11 is 0. The third kappa shape index (κ3) is 5.60. The van der Waals surface area contributed by atoms with Crippen LogP contribution in [0.2, 0.25) is 0 Å². The number of fused-ring (bicyclic) bond motifs is 7. The Balaban J connectivity index is 1.30. The Bertz CT molecular complexity index is 1410. The molecule has 274 valence electrons. The van der Waals surface area contributed by atoms with Gasteiger partial charge in [-0.1, -0.05) is 68.7 Å². The molecule has 0 aromatic rings. The highest BCUT2D eigenvalue weighted by molar-refractivity contribution is 6.02. The minimum Gasteiger partial charge on any atom is -0.462 e. The van der Waals surface area contributed by atoms with Gasteiger partial charge in [-0.25, -0.2) is 0 Å². The van der Waals surface area contributed by atoms with E-state index in [4.69, 9.17) is 4.74 Å². The molecule has 1 heterocycles. The minimum absolute atomic E-state index is 0.0215. The lowest BCUT2D eigenvalue weighted by Crippen LogP contribution is -2.67. The van der Waals surface area contributed by atoms with Crippen molar-refractivity contribution in [1.82, 2.24) is 10.2 Å². The van der Waals surface area contributed by atoms with E-state index in [1.165, 1.54) is 5.57 Å². The topological polar surface area (TPSA) is 92.8 Å². The predicted octanol–water partition coefficient (Wildman–Crippen LogP) is 7.85. The molecule has 1 N–H and O–H groups in total. The van der Waals surface area contributed by atoms with Crippen LogP contribution in [0.3, 0.4) is 0 Å². The van der Waals surface area contributed by atoms with Gasteiger partial charge in [0.15, 0.2) is 5.78 Å². The van der Waals surface area contributed by atoms with Gasteiger partial charge in [0.1, 0.15) is 12.4 Å². The number of hydrogen-bond donors (Lipinski definition) is 1. The van der Waals surface area contributed by atoms with Crippen LogP contribution in [0.5, 0.6) is 0 Å². The van der Waals surface area contributed by atoms with Crippen LogP contribution in [0.25, 0.3) is 0 Å². The molecule has 0 aromatic carbocycles. The first kappa shape index (κ1) is 36.8. The van der Waals surface area contributed by atoms with Gasteiger partial charge < -0.3 is 14.8 Å². The van der Waals surface area contributed by atoms with E-state index in [0.717, 1.165) is 89.0 Å². The van der Waals surface area contributed by atoms with Gasteiger partial charge in [0.25, 0.3) is 0 Å². The van der Waals surface area contributed by atoms with E-state index in [2.05, 4.69) is 65.7 Å². The van der Waals surface area contributed by atoms with E-state index in [-0.39, 0.29) is 69.7 Å². The summed E-state index contributed by atoms with van der Waals surface area (Å²) in [6.07, 6.45) is 12.5. The molecule has 0 unspecified atom stereocenters. The molecule has 7 nitrogen and oxygen atoms in total.